The van der Waals surface area contributed by atoms with Gasteiger partial charge in [-0.15, -0.1) is 0 Å². The minimum atomic E-state index is -3.64. The summed E-state index contributed by atoms with van der Waals surface area (Å²) in [6, 6.07) is 16.8. The first-order chi connectivity index (χ1) is 15.0. The van der Waals surface area contributed by atoms with E-state index in [1.807, 2.05) is 18.2 Å². The van der Waals surface area contributed by atoms with Crippen LogP contribution in [0.25, 0.3) is 0 Å². The van der Waals surface area contributed by atoms with Crippen molar-refractivity contribution in [1.29, 1.82) is 0 Å². The van der Waals surface area contributed by atoms with Gasteiger partial charge < -0.3 is 9.88 Å². The number of hydrogen-bond donors (Lipinski definition) is 1. The average Bonchev–Trinajstić information content (AvgIpc) is 3.42. The molecule has 0 spiro atoms. The summed E-state index contributed by atoms with van der Waals surface area (Å²) in [5.74, 6) is 0.0655. The molecule has 2 heterocycles. The lowest BCUT2D eigenvalue weighted by molar-refractivity contribution is 0.468. The third-order valence-electron chi connectivity index (χ3n) is 6.50. The highest BCUT2D eigenvalue weighted by atomic mass is 32.2. The molecule has 1 N–H and O–H groups in total. The van der Waals surface area contributed by atoms with E-state index in [-0.39, 0.29) is 17.0 Å². The van der Waals surface area contributed by atoms with Crippen LogP contribution in [0.1, 0.15) is 35.4 Å². The van der Waals surface area contributed by atoms with Gasteiger partial charge >= 0.3 is 0 Å². The molecule has 1 saturated heterocycles. The number of anilines is 1. The fraction of sp³-hybridized carbons (Fsp3) is 0.375. The van der Waals surface area contributed by atoms with Crippen LogP contribution in [0, 0.1) is 0 Å². The first-order valence-corrected chi connectivity index (χ1v) is 12.4. The second-order valence-corrected chi connectivity index (χ2v) is 10.5. The van der Waals surface area contributed by atoms with Gasteiger partial charge in [-0.2, -0.15) is 4.31 Å². The molecule has 2 aromatic carbocycles. The zero-order valence-electron chi connectivity index (χ0n) is 17.7. The van der Waals surface area contributed by atoms with E-state index >= 15 is 0 Å². The third-order valence-corrected chi connectivity index (χ3v) is 8.22. The van der Waals surface area contributed by atoms with Crippen LogP contribution in [-0.2, 0) is 29.9 Å². The lowest BCUT2D eigenvalue weighted by Crippen LogP contribution is -2.32. The standard InChI is InChI=1S/C24H28N4O2S/c1-27-16-24(25-17-27)31(29,30)28-14-22(19-8-3-2-4-9-19)23(15-28)26-21-12-11-18-7-5-6-10-20(18)13-21/h2-4,8-9,11-13,16-17,22-23,26H,5-7,10,14-15H2,1H3. The molecule has 6 nitrogen and oxygen atoms in total. The Morgan fingerprint density at radius 2 is 1.77 bits per heavy atom. The van der Waals surface area contributed by atoms with Gasteiger partial charge in [0.1, 0.15) is 0 Å². The Balaban J connectivity index is 1.44. The van der Waals surface area contributed by atoms with Gasteiger partial charge in [-0.3, -0.25) is 0 Å². The summed E-state index contributed by atoms with van der Waals surface area (Å²) in [4.78, 5) is 4.10. The molecule has 2 atom stereocenters. The second kappa shape index (κ2) is 8.13. The first kappa shape index (κ1) is 20.3. The maximum absolute atomic E-state index is 13.2. The average molecular weight is 437 g/mol. The Morgan fingerprint density at radius 1 is 1.00 bits per heavy atom. The summed E-state index contributed by atoms with van der Waals surface area (Å²) in [6.07, 6.45) is 7.87. The van der Waals surface area contributed by atoms with Crippen molar-refractivity contribution in [2.75, 3.05) is 18.4 Å². The van der Waals surface area contributed by atoms with Gasteiger partial charge in [-0.05, 0) is 54.5 Å². The van der Waals surface area contributed by atoms with Crippen LogP contribution in [0.2, 0.25) is 0 Å². The monoisotopic (exact) mass is 436 g/mol. The summed E-state index contributed by atoms with van der Waals surface area (Å²) in [5.41, 5.74) is 5.09. The van der Waals surface area contributed by atoms with Crippen molar-refractivity contribution in [3.8, 4) is 0 Å². The number of imidazole rings is 1. The molecule has 1 aliphatic carbocycles. The highest BCUT2D eigenvalue weighted by Crippen LogP contribution is 2.34. The maximum atomic E-state index is 13.2. The number of hydrogen-bond acceptors (Lipinski definition) is 4. The lowest BCUT2D eigenvalue weighted by Gasteiger charge is -2.23. The van der Waals surface area contributed by atoms with Crippen molar-refractivity contribution < 1.29 is 8.42 Å². The molecule has 2 unspecified atom stereocenters. The summed E-state index contributed by atoms with van der Waals surface area (Å²) < 4.78 is 29.7. The first-order valence-electron chi connectivity index (χ1n) is 10.9. The molecule has 0 bridgehead atoms. The molecule has 0 saturated carbocycles. The van der Waals surface area contributed by atoms with Gasteiger partial charge in [-0.25, -0.2) is 13.4 Å². The quantitative estimate of drug-likeness (QED) is 0.664. The van der Waals surface area contributed by atoms with Gasteiger partial charge in [0.25, 0.3) is 10.0 Å². The number of nitrogens with one attached hydrogen (secondary N) is 1. The number of aromatic nitrogens is 2. The normalized spacial score (nSPS) is 21.7. The Bertz CT molecular complexity index is 1170. The minimum absolute atomic E-state index is 0.0115. The van der Waals surface area contributed by atoms with Crippen LogP contribution in [0.4, 0.5) is 5.69 Å². The molecule has 5 rings (SSSR count). The van der Waals surface area contributed by atoms with E-state index in [4.69, 9.17) is 0 Å². The number of nitrogens with zero attached hydrogens (tertiary/aromatic N) is 3. The van der Waals surface area contributed by atoms with E-state index in [0.717, 1.165) is 24.1 Å². The zero-order chi connectivity index (χ0) is 21.4. The minimum Gasteiger partial charge on any atom is -0.380 e. The van der Waals surface area contributed by atoms with Crippen molar-refractivity contribution in [2.24, 2.45) is 7.05 Å². The highest BCUT2D eigenvalue weighted by Gasteiger charge is 2.41. The van der Waals surface area contributed by atoms with Crippen LogP contribution < -0.4 is 5.32 Å². The molecule has 1 aromatic heterocycles. The summed E-state index contributed by atoms with van der Waals surface area (Å²) in [7, 11) is -1.86. The number of rotatable bonds is 5. The fourth-order valence-electron chi connectivity index (χ4n) is 4.84. The lowest BCUT2D eigenvalue weighted by atomic mass is 9.91. The van der Waals surface area contributed by atoms with E-state index < -0.39 is 10.0 Å². The Kier molecular flexibility index (Phi) is 5.32. The van der Waals surface area contributed by atoms with Gasteiger partial charge in [0.2, 0.25) is 0 Å². The molecule has 31 heavy (non-hydrogen) atoms. The molecule has 3 aromatic rings. The van der Waals surface area contributed by atoms with Crippen LogP contribution in [0.3, 0.4) is 0 Å². The number of aryl methyl sites for hydroxylation is 3. The Labute approximate surface area is 184 Å². The number of benzene rings is 2. The molecule has 162 valence electrons. The van der Waals surface area contributed by atoms with E-state index in [9.17, 15) is 8.42 Å². The van der Waals surface area contributed by atoms with Gasteiger partial charge in [0, 0.05) is 44.0 Å². The van der Waals surface area contributed by atoms with E-state index in [1.165, 1.54) is 30.3 Å². The molecule has 2 aliphatic rings. The Morgan fingerprint density at radius 3 is 2.52 bits per heavy atom. The molecular weight excluding hydrogens is 408 g/mol. The molecule has 7 heteroatoms. The molecular formula is C24H28N4O2S. The second-order valence-electron chi connectivity index (χ2n) is 8.66. The zero-order valence-corrected chi connectivity index (χ0v) is 18.6. The van der Waals surface area contributed by atoms with Crippen molar-refractivity contribution in [1.82, 2.24) is 13.9 Å². The van der Waals surface area contributed by atoms with E-state index in [1.54, 1.807) is 22.1 Å². The molecule has 1 fully saturated rings. The molecule has 0 amide bonds. The summed E-state index contributed by atoms with van der Waals surface area (Å²) in [5, 5.41) is 3.77. The van der Waals surface area contributed by atoms with Crippen LogP contribution in [0.15, 0.2) is 66.1 Å². The van der Waals surface area contributed by atoms with Crippen LogP contribution in [0.5, 0.6) is 0 Å². The van der Waals surface area contributed by atoms with Gasteiger partial charge in [0.15, 0.2) is 5.03 Å². The van der Waals surface area contributed by atoms with Crippen molar-refractivity contribution in [3.05, 3.63) is 77.7 Å². The van der Waals surface area contributed by atoms with E-state index in [0.29, 0.717) is 13.1 Å². The topological polar surface area (TPSA) is 67.2 Å². The predicted octanol–water partition coefficient (Wildman–Crippen LogP) is 3.57. The summed E-state index contributed by atoms with van der Waals surface area (Å²) in [6.45, 7) is 0.848. The van der Waals surface area contributed by atoms with Gasteiger partial charge in [-0.1, -0.05) is 36.4 Å². The van der Waals surface area contributed by atoms with Gasteiger partial charge in [0.05, 0.1) is 6.33 Å². The maximum Gasteiger partial charge on any atom is 0.262 e. The van der Waals surface area contributed by atoms with Crippen molar-refractivity contribution in [2.45, 2.75) is 42.7 Å². The largest absolute Gasteiger partial charge is 0.380 e. The summed E-state index contributed by atoms with van der Waals surface area (Å²) >= 11 is 0. The highest BCUT2D eigenvalue weighted by molar-refractivity contribution is 7.89. The molecule has 1 aliphatic heterocycles. The third kappa shape index (κ3) is 4.00. The van der Waals surface area contributed by atoms with Crippen molar-refractivity contribution >= 4 is 15.7 Å². The number of fused-ring (bicyclic) bond motifs is 1. The SMILES string of the molecule is Cn1cnc(S(=O)(=O)N2CC(Nc3ccc4c(c3)CCCC4)C(c3ccccc3)C2)c1. The Hall–Kier alpha value is -2.64. The number of sulfonamides is 1. The smallest absolute Gasteiger partial charge is 0.262 e. The van der Waals surface area contributed by atoms with E-state index in [2.05, 4.69) is 40.6 Å². The predicted molar refractivity (Wildman–Crippen MR) is 122 cm³/mol. The van der Waals surface area contributed by atoms with Crippen molar-refractivity contribution in [3.63, 3.8) is 0 Å². The van der Waals surface area contributed by atoms with Crippen LogP contribution >= 0.6 is 0 Å². The van der Waals surface area contributed by atoms with Crippen LogP contribution in [-0.4, -0.2) is 41.4 Å². The fourth-order valence-corrected chi connectivity index (χ4v) is 6.30. The molecule has 0 radical (unpaired) electrons.